The number of carboxylic acid groups (broad SMARTS) is 2. The summed E-state index contributed by atoms with van der Waals surface area (Å²) >= 11 is 0. The molecule has 0 radical (unpaired) electrons. The molecule has 182 valence electrons. The van der Waals surface area contributed by atoms with Gasteiger partial charge in [0.15, 0.2) is 6.04 Å². The fourth-order valence-electron chi connectivity index (χ4n) is 2.81. The molecule has 1 aromatic rings. The Labute approximate surface area is 190 Å². The van der Waals surface area contributed by atoms with Gasteiger partial charge >= 0.3 is 11.9 Å². The van der Waals surface area contributed by atoms with Crippen molar-refractivity contribution in [1.82, 2.24) is 16.0 Å². The fourth-order valence-corrected chi connectivity index (χ4v) is 2.81. The molecule has 3 amide bonds. The third kappa shape index (κ3) is 9.66. The zero-order valence-electron chi connectivity index (χ0n) is 18.4. The Morgan fingerprint density at radius 2 is 1.42 bits per heavy atom. The lowest BCUT2D eigenvalue weighted by molar-refractivity contribution is -0.145. The number of hydrogen-bond donors (Lipinski definition) is 7. The maximum absolute atomic E-state index is 12.9. The number of carbonyl (C=O) groups excluding carboxylic acids is 3. The number of nitrogens with one attached hydrogen (secondary N) is 3. The van der Waals surface area contributed by atoms with Crippen LogP contribution in [-0.2, 0) is 30.4 Å². The van der Waals surface area contributed by atoms with Crippen LogP contribution < -0.4 is 21.7 Å². The molecular weight excluding hydrogens is 436 g/mol. The Morgan fingerprint density at radius 3 is 1.91 bits per heavy atom. The van der Waals surface area contributed by atoms with Crippen molar-refractivity contribution in [1.29, 1.82) is 0 Å². The van der Waals surface area contributed by atoms with E-state index in [9.17, 15) is 34.2 Å². The number of aliphatic hydroxyl groups excluding tert-OH is 1. The van der Waals surface area contributed by atoms with Crippen LogP contribution in [0.1, 0.15) is 32.3 Å². The van der Waals surface area contributed by atoms with Crippen molar-refractivity contribution in [3.05, 3.63) is 35.9 Å². The lowest BCUT2D eigenvalue weighted by Gasteiger charge is -2.25. The molecule has 0 saturated heterocycles. The third-order valence-electron chi connectivity index (χ3n) is 4.66. The van der Waals surface area contributed by atoms with E-state index in [-0.39, 0.29) is 12.8 Å². The lowest BCUT2D eigenvalue weighted by atomic mass is 10.0. The summed E-state index contributed by atoms with van der Waals surface area (Å²) in [6.45, 7) is 2.57. The highest BCUT2D eigenvalue weighted by molar-refractivity contribution is 5.94. The molecule has 1 rings (SSSR count). The van der Waals surface area contributed by atoms with E-state index < -0.39 is 66.4 Å². The van der Waals surface area contributed by atoms with Crippen molar-refractivity contribution in [3.8, 4) is 0 Å². The zero-order chi connectivity index (χ0) is 25.1. The number of rotatable bonds is 13. The van der Waals surface area contributed by atoms with E-state index in [1.165, 1.54) is 13.8 Å². The van der Waals surface area contributed by atoms with Crippen molar-refractivity contribution in [2.75, 3.05) is 0 Å². The molecule has 33 heavy (non-hydrogen) atoms. The number of amides is 3. The van der Waals surface area contributed by atoms with Crippen LogP contribution in [0.15, 0.2) is 30.3 Å². The van der Waals surface area contributed by atoms with Crippen molar-refractivity contribution < 1.29 is 39.3 Å². The van der Waals surface area contributed by atoms with Crippen LogP contribution in [0, 0.1) is 0 Å². The number of benzene rings is 1. The molecule has 0 aliphatic rings. The Balaban J connectivity index is 3.11. The molecule has 0 aliphatic heterocycles. The van der Waals surface area contributed by atoms with E-state index in [0.29, 0.717) is 5.56 Å². The van der Waals surface area contributed by atoms with Gasteiger partial charge in [0.1, 0.15) is 12.1 Å². The molecule has 0 fully saturated rings. The molecule has 0 aromatic heterocycles. The molecule has 0 spiro atoms. The van der Waals surface area contributed by atoms with Gasteiger partial charge < -0.3 is 37.0 Å². The Kier molecular flexibility index (Phi) is 11.0. The number of nitrogens with two attached hydrogens (primary N) is 1. The van der Waals surface area contributed by atoms with E-state index in [1.807, 2.05) is 0 Å². The first-order chi connectivity index (χ1) is 15.4. The van der Waals surface area contributed by atoms with Gasteiger partial charge in [0, 0.05) is 12.8 Å². The molecule has 5 unspecified atom stereocenters. The molecule has 0 bridgehead atoms. The summed E-state index contributed by atoms with van der Waals surface area (Å²) in [5, 5.41) is 34.8. The zero-order valence-corrected chi connectivity index (χ0v) is 18.4. The van der Waals surface area contributed by atoms with Crippen molar-refractivity contribution >= 4 is 29.7 Å². The summed E-state index contributed by atoms with van der Waals surface area (Å²) in [7, 11) is 0. The fraction of sp³-hybridized carbons (Fsp3) is 0.476. The van der Waals surface area contributed by atoms with E-state index in [0.717, 1.165) is 0 Å². The van der Waals surface area contributed by atoms with Crippen LogP contribution in [0.2, 0.25) is 0 Å². The molecule has 5 atom stereocenters. The minimum Gasteiger partial charge on any atom is -0.481 e. The van der Waals surface area contributed by atoms with Crippen LogP contribution in [0.3, 0.4) is 0 Å². The van der Waals surface area contributed by atoms with Gasteiger partial charge in [-0.1, -0.05) is 30.3 Å². The normalized spacial score (nSPS) is 15.3. The number of aliphatic carboxylic acids is 2. The van der Waals surface area contributed by atoms with Gasteiger partial charge in [-0.2, -0.15) is 0 Å². The predicted molar refractivity (Wildman–Crippen MR) is 116 cm³/mol. The minimum absolute atomic E-state index is 0.0303. The van der Waals surface area contributed by atoms with E-state index in [1.54, 1.807) is 30.3 Å². The summed E-state index contributed by atoms with van der Waals surface area (Å²) in [5.74, 6) is -5.07. The van der Waals surface area contributed by atoms with Crippen molar-refractivity contribution in [2.24, 2.45) is 5.73 Å². The average Bonchev–Trinajstić information content (AvgIpc) is 2.73. The maximum Gasteiger partial charge on any atom is 0.328 e. The molecule has 1 aromatic carbocycles. The topological polar surface area (TPSA) is 208 Å². The smallest absolute Gasteiger partial charge is 0.328 e. The molecule has 12 heteroatoms. The standard InChI is InChI=1S/C21H30N4O8/c1-11(22)18(29)23-14(8-9-16(27)28)19(30)24-15(10-13-6-4-3-5-7-13)20(31)25-17(12(2)26)21(32)33/h3-7,11-12,14-15,17,26H,8-10,22H2,1-2H3,(H,23,29)(H,24,30)(H,25,31)(H,27,28)(H,32,33). The van der Waals surface area contributed by atoms with Gasteiger partial charge in [0.25, 0.3) is 0 Å². The van der Waals surface area contributed by atoms with Gasteiger partial charge in [-0.15, -0.1) is 0 Å². The molecule has 0 heterocycles. The second-order valence-corrected chi connectivity index (χ2v) is 7.60. The second kappa shape index (κ2) is 13.1. The maximum atomic E-state index is 12.9. The quantitative estimate of drug-likeness (QED) is 0.178. The molecular formula is C21H30N4O8. The van der Waals surface area contributed by atoms with Gasteiger partial charge in [0.05, 0.1) is 12.1 Å². The molecule has 0 aliphatic carbocycles. The highest BCUT2D eigenvalue weighted by atomic mass is 16.4. The van der Waals surface area contributed by atoms with Gasteiger partial charge in [-0.25, -0.2) is 4.79 Å². The van der Waals surface area contributed by atoms with E-state index in [4.69, 9.17) is 10.8 Å². The number of aliphatic hydroxyl groups is 1. The summed E-state index contributed by atoms with van der Waals surface area (Å²) in [6, 6.07) is 3.39. The van der Waals surface area contributed by atoms with Crippen molar-refractivity contribution in [3.63, 3.8) is 0 Å². The monoisotopic (exact) mass is 466 g/mol. The second-order valence-electron chi connectivity index (χ2n) is 7.60. The number of hydrogen-bond acceptors (Lipinski definition) is 7. The van der Waals surface area contributed by atoms with Crippen LogP contribution in [-0.4, -0.2) is 75.3 Å². The highest BCUT2D eigenvalue weighted by Gasteiger charge is 2.32. The highest BCUT2D eigenvalue weighted by Crippen LogP contribution is 2.07. The first-order valence-corrected chi connectivity index (χ1v) is 10.3. The number of carbonyl (C=O) groups is 5. The molecule has 8 N–H and O–H groups in total. The Bertz CT molecular complexity index is 844. The largest absolute Gasteiger partial charge is 0.481 e. The first kappa shape index (κ1) is 27.5. The Hall–Kier alpha value is -3.51. The van der Waals surface area contributed by atoms with Crippen LogP contribution >= 0.6 is 0 Å². The number of carboxylic acids is 2. The lowest BCUT2D eigenvalue weighted by Crippen LogP contribution is -2.58. The van der Waals surface area contributed by atoms with Crippen LogP contribution in [0.5, 0.6) is 0 Å². The van der Waals surface area contributed by atoms with Gasteiger partial charge in [-0.3, -0.25) is 19.2 Å². The summed E-state index contributed by atoms with van der Waals surface area (Å²) in [5.41, 5.74) is 6.14. The van der Waals surface area contributed by atoms with Crippen LogP contribution in [0.4, 0.5) is 0 Å². The Morgan fingerprint density at radius 1 is 0.879 bits per heavy atom. The van der Waals surface area contributed by atoms with Gasteiger partial charge in [-0.05, 0) is 25.8 Å². The van der Waals surface area contributed by atoms with Crippen LogP contribution in [0.25, 0.3) is 0 Å². The molecule has 0 saturated carbocycles. The average molecular weight is 466 g/mol. The summed E-state index contributed by atoms with van der Waals surface area (Å²) in [4.78, 5) is 60.0. The minimum atomic E-state index is -1.62. The summed E-state index contributed by atoms with van der Waals surface area (Å²) in [6.07, 6.45) is -2.13. The van der Waals surface area contributed by atoms with E-state index in [2.05, 4.69) is 16.0 Å². The van der Waals surface area contributed by atoms with Crippen molar-refractivity contribution in [2.45, 2.75) is 63.4 Å². The SMILES string of the molecule is CC(N)C(=O)NC(CCC(=O)O)C(=O)NC(Cc1ccccc1)C(=O)NC(C(=O)O)C(C)O. The predicted octanol–water partition coefficient (Wildman–Crippen LogP) is -1.64. The summed E-state index contributed by atoms with van der Waals surface area (Å²) < 4.78 is 0. The van der Waals surface area contributed by atoms with Gasteiger partial charge in [0.2, 0.25) is 17.7 Å². The first-order valence-electron chi connectivity index (χ1n) is 10.3. The third-order valence-corrected chi connectivity index (χ3v) is 4.66. The molecule has 12 nitrogen and oxygen atoms in total. The van der Waals surface area contributed by atoms with E-state index >= 15 is 0 Å².